The van der Waals surface area contributed by atoms with Crippen molar-refractivity contribution >= 4 is 11.9 Å². The van der Waals surface area contributed by atoms with Gasteiger partial charge >= 0.3 is 5.97 Å². The van der Waals surface area contributed by atoms with Gasteiger partial charge in [0, 0.05) is 13.2 Å². The number of aryl methyl sites for hydroxylation is 1. The van der Waals surface area contributed by atoms with Gasteiger partial charge in [-0.1, -0.05) is 6.92 Å². The maximum atomic E-state index is 11.6. The highest BCUT2D eigenvalue weighted by Crippen LogP contribution is 2.01. The van der Waals surface area contributed by atoms with Crippen LogP contribution >= 0.6 is 0 Å². The smallest absolute Gasteiger partial charge is 0.326 e. The SMILES string of the molecule is CC[C@H](NC(=O)c1cccn1C)C(=O)O. The van der Waals surface area contributed by atoms with E-state index in [0.29, 0.717) is 12.1 Å². The molecule has 1 aromatic rings. The minimum atomic E-state index is -1.01. The molecular weight excluding hydrogens is 196 g/mol. The summed E-state index contributed by atoms with van der Waals surface area (Å²) in [6, 6.07) is 2.55. The maximum absolute atomic E-state index is 11.6. The van der Waals surface area contributed by atoms with Gasteiger partial charge in [-0.2, -0.15) is 0 Å². The molecule has 0 aliphatic heterocycles. The van der Waals surface area contributed by atoms with E-state index in [9.17, 15) is 9.59 Å². The van der Waals surface area contributed by atoms with Gasteiger partial charge in [0.25, 0.3) is 5.91 Å². The van der Waals surface area contributed by atoms with Gasteiger partial charge in [0.2, 0.25) is 0 Å². The van der Waals surface area contributed by atoms with E-state index in [0.717, 1.165) is 0 Å². The number of hydrogen-bond donors (Lipinski definition) is 2. The number of carboxylic acid groups (broad SMARTS) is 1. The third-order valence-corrected chi connectivity index (χ3v) is 2.19. The van der Waals surface area contributed by atoms with Gasteiger partial charge in [-0.25, -0.2) is 4.79 Å². The van der Waals surface area contributed by atoms with E-state index in [4.69, 9.17) is 5.11 Å². The quantitative estimate of drug-likeness (QED) is 0.765. The molecule has 1 amide bonds. The standard InChI is InChI=1S/C10H14N2O3/c1-3-7(10(14)15)11-9(13)8-5-4-6-12(8)2/h4-7H,3H2,1-2H3,(H,11,13)(H,14,15)/t7-/m0/s1. The second-order valence-corrected chi connectivity index (χ2v) is 3.28. The predicted octanol–water partition coefficient (Wildman–Crippen LogP) is 0.618. The van der Waals surface area contributed by atoms with E-state index in [1.54, 1.807) is 36.9 Å². The summed E-state index contributed by atoms with van der Waals surface area (Å²) in [5.74, 6) is -1.38. The average molecular weight is 210 g/mol. The largest absolute Gasteiger partial charge is 0.480 e. The van der Waals surface area contributed by atoms with Crippen molar-refractivity contribution in [3.05, 3.63) is 24.0 Å². The first kappa shape index (κ1) is 11.3. The number of rotatable bonds is 4. The number of aromatic nitrogens is 1. The summed E-state index contributed by atoms with van der Waals surface area (Å²) in [5, 5.41) is 11.2. The number of carboxylic acids is 1. The van der Waals surface area contributed by atoms with Crippen LogP contribution in [0, 0.1) is 0 Å². The van der Waals surface area contributed by atoms with Crippen molar-refractivity contribution in [2.75, 3.05) is 0 Å². The van der Waals surface area contributed by atoms with Crippen molar-refractivity contribution in [2.45, 2.75) is 19.4 Å². The first-order valence-corrected chi connectivity index (χ1v) is 4.71. The highest BCUT2D eigenvalue weighted by atomic mass is 16.4. The number of hydrogen-bond acceptors (Lipinski definition) is 2. The molecule has 1 atom stereocenters. The van der Waals surface area contributed by atoms with E-state index in [1.807, 2.05) is 0 Å². The Kier molecular flexibility index (Phi) is 3.49. The molecule has 1 heterocycles. The molecule has 0 aliphatic rings. The summed E-state index contributed by atoms with van der Waals surface area (Å²) in [5.41, 5.74) is 0.453. The Labute approximate surface area is 87.7 Å². The Morgan fingerprint density at radius 2 is 2.27 bits per heavy atom. The van der Waals surface area contributed by atoms with Crippen molar-refractivity contribution in [2.24, 2.45) is 7.05 Å². The molecule has 0 saturated carbocycles. The van der Waals surface area contributed by atoms with E-state index < -0.39 is 12.0 Å². The molecule has 0 unspecified atom stereocenters. The number of aliphatic carboxylic acids is 1. The van der Waals surface area contributed by atoms with Gasteiger partial charge in [-0.15, -0.1) is 0 Å². The van der Waals surface area contributed by atoms with Crippen LogP contribution in [0.5, 0.6) is 0 Å². The second kappa shape index (κ2) is 4.63. The molecule has 0 aliphatic carbocycles. The lowest BCUT2D eigenvalue weighted by atomic mass is 10.2. The first-order valence-electron chi connectivity index (χ1n) is 4.71. The van der Waals surface area contributed by atoms with Crippen molar-refractivity contribution in [1.29, 1.82) is 0 Å². The van der Waals surface area contributed by atoms with Crippen LogP contribution in [-0.4, -0.2) is 27.6 Å². The van der Waals surface area contributed by atoms with Gasteiger partial charge in [0.1, 0.15) is 11.7 Å². The third-order valence-electron chi connectivity index (χ3n) is 2.19. The van der Waals surface area contributed by atoms with Crippen LogP contribution in [0.3, 0.4) is 0 Å². The maximum Gasteiger partial charge on any atom is 0.326 e. The minimum absolute atomic E-state index is 0.364. The zero-order valence-corrected chi connectivity index (χ0v) is 8.73. The van der Waals surface area contributed by atoms with Crippen LogP contribution in [0.2, 0.25) is 0 Å². The number of carbonyl (C=O) groups is 2. The van der Waals surface area contributed by atoms with E-state index >= 15 is 0 Å². The molecule has 0 radical (unpaired) electrons. The fourth-order valence-corrected chi connectivity index (χ4v) is 1.27. The van der Waals surface area contributed by atoms with Crippen LogP contribution in [0.15, 0.2) is 18.3 Å². The van der Waals surface area contributed by atoms with Crippen LogP contribution in [0.1, 0.15) is 23.8 Å². The lowest BCUT2D eigenvalue weighted by Gasteiger charge is -2.12. The predicted molar refractivity (Wildman–Crippen MR) is 54.6 cm³/mol. The molecule has 82 valence electrons. The minimum Gasteiger partial charge on any atom is -0.480 e. The Bertz CT molecular complexity index is 370. The van der Waals surface area contributed by atoms with Crippen LogP contribution in [-0.2, 0) is 11.8 Å². The topological polar surface area (TPSA) is 71.3 Å². The summed E-state index contributed by atoms with van der Waals surface area (Å²) >= 11 is 0. The molecule has 0 spiro atoms. The van der Waals surface area contributed by atoms with E-state index in [-0.39, 0.29) is 5.91 Å². The van der Waals surface area contributed by atoms with Crippen molar-refractivity contribution in [3.8, 4) is 0 Å². The second-order valence-electron chi connectivity index (χ2n) is 3.28. The molecule has 5 nitrogen and oxygen atoms in total. The Balaban J connectivity index is 2.71. The fourth-order valence-electron chi connectivity index (χ4n) is 1.27. The molecule has 1 aromatic heterocycles. The summed E-state index contributed by atoms with van der Waals surface area (Å²) in [7, 11) is 1.73. The normalized spacial score (nSPS) is 12.1. The molecule has 0 saturated heterocycles. The van der Waals surface area contributed by atoms with Crippen LogP contribution in [0.25, 0.3) is 0 Å². The molecular formula is C10H14N2O3. The molecule has 0 fully saturated rings. The van der Waals surface area contributed by atoms with Crippen LogP contribution in [0.4, 0.5) is 0 Å². The number of amides is 1. The number of nitrogens with one attached hydrogen (secondary N) is 1. The fraction of sp³-hybridized carbons (Fsp3) is 0.400. The summed E-state index contributed by atoms with van der Waals surface area (Å²) < 4.78 is 1.64. The Hall–Kier alpha value is -1.78. The molecule has 15 heavy (non-hydrogen) atoms. The summed E-state index contributed by atoms with van der Waals surface area (Å²) in [4.78, 5) is 22.3. The zero-order chi connectivity index (χ0) is 11.4. The molecule has 0 bridgehead atoms. The van der Waals surface area contributed by atoms with Gasteiger partial charge in [0.15, 0.2) is 0 Å². The van der Waals surface area contributed by atoms with E-state index in [1.165, 1.54) is 0 Å². The van der Waals surface area contributed by atoms with Crippen molar-refractivity contribution in [3.63, 3.8) is 0 Å². The summed E-state index contributed by atoms with van der Waals surface area (Å²) in [6.07, 6.45) is 2.10. The molecule has 2 N–H and O–H groups in total. The van der Waals surface area contributed by atoms with Crippen LogP contribution < -0.4 is 5.32 Å². The Morgan fingerprint density at radius 3 is 2.67 bits per heavy atom. The van der Waals surface area contributed by atoms with Crippen molar-refractivity contribution < 1.29 is 14.7 Å². The molecule has 5 heteroatoms. The van der Waals surface area contributed by atoms with Gasteiger partial charge in [-0.3, -0.25) is 4.79 Å². The Morgan fingerprint density at radius 1 is 1.60 bits per heavy atom. The highest BCUT2D eigenvalue weighted by Gasteiger charge is 2.19. The van der Waals surface area contributed by atoms with Gasteiger partial charge < -0.3 is 15.0 Å². The molecule has 1 rings (SSSR count). The van der Waals surface area contributed by atoms with Crippen molar-refractivity contribution in [1.82, 2.24) is 9.88 Å². The lowest BCUT2D eigenvalue weighted by Crippen LogP contribution is -2.40. The zero-order valence-electron chi connectivity index (χ0n) is 8.73. The lowest BCUT2D eigenvalue weighted by molar-refractivity contribution is -0.139. The average Bonchev–Trinajstić information content (AvgIpc) is 2.60. The van der Waals surface area contributed by atoms with Gasteiger partial charge in [0.05, 0.1) is 0 Å². The van der Waals surface area contributed by atoms with Gasteiger partial charge in [-0.05, 0) is 18.6 Å². The molecule has 0 aromatic carbocycles. The summed E-state index contributed by atoms with van der Waals surface area (Å²) in [6.45, 7) is 1.71. The monoisotopic (exact) mass is 210 g/mol. The first-order chi connectivity index (χ1) is 7.06. The van der Waals surface area contributed by atoms with E-state index in [2.05, 4.69) is 5.32 Å². The highest BCUT2D eigenvalue weighted by molar-refractivity contribution is 5.95. The third kappa shape index (κ3) is 2.59. The number of nitrogens with zero attached hydrogens (tertiary/aromatic N) is 1. The number of carbonyl (C=O) groups excluding carboxylic acids is 1.